The first-order valence-corrected chi connectivity index (χ1v) is 19.7. The minimum absolute atomic E-state index is 0.182. The third-order valence-corrected chi connectivity index (χ3v) is 8.87. The predicted molar refractivity (Wildman–Crippen MR) is 220 cm³/mol. The Balaban J connectivity index is 1.04. The van der Waals surface area contributed by atoms with Gasteiger partial charge in [-0.2, -0.15) is 10.2 Å². The molecule has 0 saturated heterocycles. The van der Waals surface area contributed by atoms with Gasteiger partial charge in [-0.25, -0.2) is 14.4 Å². The van der Waals surface area contributed by atoms with Crippen LogP contribution in [0.2, 0.25) is 0 Å². The van der Waals surface area contributed by atoms with Crippen LogP contribution in [0.15, 0.2) is 132 Å². The Hall–Kier alpha value is -6.29. The summed E-state index contributed by atoms with van der Waals surface area (Å²) < 4.78 is 28.1. The molecule has 0 amide bonds. The van der Waals surface area contributed by atoms with E-state index in [0.717, 1.165) is 31.4 Å². The molecule has 57 heavy (non-hydrogen) atoms. The average Bonchev–Trinajstić information content (AvgIpc) is 3.24. The Morgan fingerprint density at radius 3 is 1.33 bits per heavy atom. The first-order valence-electron chi connectivity index (χ1n) is 19.7. The highest BCUT2D eigenvalue weighted by atomic mass is 16.5. The molecule has 10 heteroatoms. The van der Waals surface area contributed by atoms with Gasteiger partial charge in [0.1, 0.15) is 28.7 Å². The monoisotopic (exact) mass is 770 g/mol. The molecule has 0 saturated carbocycles. The van der Waals surface area contributed by atoms with E-state index in [1.165, 1.54) is 68.9 Å². The van der Waals surface area contributed by atoms with Gasteiger partial charge in [0.2, 0.25) is 0 Å². The van der Waals surface area contributed by atoms with Crippen LogP contribution in [-0.4, -0.2) is 31.1 Å². The fourth-order valence-electron chi connectivity index (χ4n) is 5.60. The van der Waals surface area contributed by atoms with Crippen molar-refractivity contribution in [3.63, 3.8) is 0 Å². The van der Waals surface area contributed by atoms with Gasteiger partial charge in [0.05, 0.1) is 41.3 Å². The normalized spacial score (nSPS) is 10.9. The van der Waals surface area contributed by atoms with E-state index < -0.39 is 17.9 Å². The van der Waals surface area contributed by atoms with Gasteiger partial charge < -0.3 is 23.7 Å². The van der Waals surface area contributed by atoms with Crippen molar-refractivity contribution in [2.75, 3.05) is 13.2 Å². The number of nitrogens with zero attached hydrogens (tertiary/aromatic N) is 2. The lowest BCUT2D eigenvalue weighted by Gasteiger charge is -2.09. The van der Waals surface area contributed by atoms with Gasteiger partial charge in [0, 0.05) is 0 Å². The second-order valence-corrected chi connectivity index (χ2v) is 13.5. The van der Waals surface area contributed by atoms with Crippen molar-refractivity contribution >= 4 is 29.3 Å². The molecule has 0 fully saturated rings. The fourth-order valence-corrected chi connectivity index (χ4v) is 5.60. The second-order valence-electron chi connectivity index (χ2n) is 13.5. The molecule has 0 bridgehead atoms. The van der Waals surface area contributed by atoms with Gasteiger partial charge in [0.25, 0.3) is 0 Å². The summed E-state index contributed by atoms with van der Waals surface area (Å²) >= 11 is 0. The van der Waals surface area contributed by atoms with Crippen molar-refractivity contribution in [3.05, 3.63) is 138 Å². The van der Waals surface area contributed by atoms with E-state index in [4.69, 9.17) is 23.7 Å². The zero-order chi connectivity index (χ0) is 40.1. The molecule has 0 aliphatic heterocycles. The summed E-state index contributed by atoms with van der Waals surface area (Å²) in [7, 11) is 0. The van der Waals surface area contributed by atoms with Crippen molar-refractivity contribution in [2.24, 2.45) is 10.2 Å². The summed E-state index contributed by atoms with van der Waals surface area (Å²) in [5.74, 6) is 0.421. The van der Waals surface area contributed by atoms with Gasteiger partial charge in [-0.05, 0) is 128 Å². The summed E-state index contributed by atoms with van der Waals surface area (Å²) in [6, 6.07) is 33.0. The molecular weight excluding hydrogens is 721 g/mol. The predicted octanol–water partition coefficient (Wildman–Crippen LogP) is 12.5. The molecule has 0 spiro atoms. The summed E-state index contributed by atoms with van der Waals surface area (Å²) in [5.41, 5.74) is 2.07. The molecule has 5 aromatic carbocycles. The number of esters is 3. The molecule has 0 N–H and O–H groups in total. The summed E-state index contributed by atoms with van der Waals surface area (Å²) in [6.45, 7) is 5.66. The standard InChI is InChI=1S/C47H50N2O8/c1-3-5-7-8-9-10-11-12-33-54-40-24-16-35(17-25-40)46(51)57-44-15-13-14-37(34-44)47(52)56-42-26-18-36(19-27-42)45(50)55-43-30-22-39(23-31-43)49-48-38-20-28-41(29-21-38)53-32-6-4-2/h13-31,34H,3-12,32-33H2,1-2H3. The number of benzene rings is 5. The number of carbonyl (C=O) groups is 3. The highest BCUT2D eigenvalue weighted by molar-refractivity contribution is 5.94. The van der Waals surface area contributed by atoms with Gasteiger partial charge in [-0.1, -0.05) is 71.3 Å². The van der Waals surface area contributed by atoms with Crippen LogP contribution in [0.5, 0.6) is 28.7 Å². The zero-order valence-electron chi connectivity index (χ0n) is 32.7. The van der Waals surface area contributed by atoms with Gasteiger partial charge in [0.15, 0.2) is 0 Å². The van der Waals surface area contributed by atoms with E-state index in [1.54, 1.807) is 66.7 Å². The molecule has 0 heterocycles. The molecule has 0 aliphatic carbocycles. The van der Waals surface area contributed by atoms with Crippen molar-refractivity contribution < 1.29 is 38.1 Å². The highest BCUT2D eigenvalue weighted by Gasteiger charge is 2.15. The van der Waals surface area contributed by atoms with Crippen LogP contribution in [-0.2, 0) is 0 Å². The first kappa shape index (κ1) is 41.9. The van der Waals surface area contributed by atoms with Gasteiger partial charge >= 0.3 is 17.9 Å². The maximum Gasteiger partial charge on any atom is 0.343 e. The quantitative estimate of drug-likeness (QED) is 0.0295. The second kappa shape index (κ2) is 22.9. The van der Waals surface area contributed by atoms with E-state index in [9.17, 15) is 14.4 Å². The van der Waals surface area contributed by atoms with Gasteiger partial charge in [-0.15, -0.1) is 0 Å². The molecular formula is C47H50N2O8. The zero-order valence-corrected chi connectivity index (χ0v) is 32.7. The van der Waals surface area contributed by atoms with Gasteiger partial charge in [-0.3, -0.25) is 0 Å². The molecule has 0 radical (unpaired) electrons. The number of ether oxygens (including phenoxy) is 5. The van der Waals surface area contributed by atoms with Crippen LogP contribution < -0.4 is 23.7 Å². The Kier molecular flexibility index (Phi) is 16.8. The number of hydrogen-bond donors (Lipinski definition) is 0. The number of azo groups is 1. The number of carbonyl (C=O) groups excluding carboxylic acids is 3. The minimum Gasteiger partial charge on any atom is -0.494 e. The van der Waals surface area contributed by atoms with Crippen molar-refractivity contribution in [1.29, 1.82) is 0 Å². The maximum atomic E-state index is 12.9. The molecule has 5 aromatic rings. The largest absolute Gasteiger partial charge is 0.494 e. The van der Waals surface area contributed by atoms with Crippen LogP contribution in [0.3, 0.4) is 0 Å². The third-order valence-electron chi connectivity index (χ3n) is 8.87. The first-order chi connectivity index (χ1) is 27.9. The van der Waals surface area contributed by atoms with Crippen molar-refractivity contribution in [3.8, 4) is 28.7 Å². The lowest BCUT2D eigenvalue weighted by molar-refractivity contribution is 0.0714. The molecule has 10 nitrogen and oxygen atoms in total. The number of hydrogen-bond acceptors (Lipinski definition) is 10. The highest BCUT2D eigenvalue weighted by Crippen LogP contribution is 2.25. The molecule has 0 unspecified atom stereocenters. The van der Waals surface area contributed by atoms with Crippen LogP contribution in [0.4, 0.5) is 11.4 Å². The minimum atomic E-state index is -0.660. The van der Waals surface area contributed by atoms with Crippen molar-refractivity contribution in [2.45, 2.75) is 78.1 Å². The Morgan fingerprint density at radius 1 is 0.404 bits per heavy atom. The van der Waals surface area contributed by atoms with E-state index in [1.807, 2.05) is 24.3 Å². The molecule has 5 rings (SSSR count). The maximum absolute atomic E-state index is 12.9. The SMILES string of the molecule is CCCCCCCCCCOc1ccc(C(=O)Oc2cccc(C(=O)Oc3ccc(C(=O)Oc4ccc(N=Nc5ccc(OCCCC)cc5)cc4)cc3)c2)cc1. The van der Waals surface area contributed by atoms with E-state index >= 15 is 0 Å². The molecule has 0 atom stereocenters. The molecule has 0 aliphatic rings. The Labute approximate surface area is 334 Å². The van der Waals surface area contributed by atoms with E-state index in [-0.39, 0.29) is 22.6 Å². The van der Waals surface area contributed by atoms with Crippen LogP contribution >= 0.6 is 0 Å². The topological polar surface area (TPSA) is 122 Å². The average molecular weight is 771 g/mol. The number of rotatable bonds is 22. The lowest BCUT2D eigenvalue weighted by Crippen LogP contribution is -2.11. The lowest BCUT2D eigenvalue weighted by atomic mass is 10.1. The van der Waals surface area contributed by atoms with Crippen LogP contribution in [0.1, 0.15) is 109 Å². The van der Waals surface area contributed by atoms with Crippen LogP contribution in [0, 0.1) is 0 Å². The Bertz CT molecular complexity index is 2030. The summed E-state index contributed by atoms with van der Waals surface area (Å²) in [4.78, 5) is 38.6. The van der Waals surface area contributed by atoms with E-state index in [0.29, 0.717) is 41.7 Å². The third kappa shape index (κ3) is 14.4. The molecule has 0 aromatic heterocycles. The summed E-state index contributed by atoms with van der Waals surface area (Å²) in [6.07, 6.45) is 11.9. The summed E-state index contributed by atoms with van der Waals surface area (Å²) in [5, 5.41) is 8.49. The fraction of sp³-hybridized carbons (Fsp3) is 0.298. The van der Waals surface area contributed by atoms with Crippen LogP contribution in [0.25, 0.3) is 0 Å². The smallest absolute Gasteiger partial charge is 0.343 e. The molecule has 296 valence electrons. The van der Waals surface area contributed by atoms with E-state index in [2.05, 4.69) is 24.1 Å². The number of unbranched alkanes of at least 4 members (excludes halogenated alkanes) is 8. The van der Waals surface area contributed by atoms with Crippen molar-refractivity contribution in [1.82, 2.24) is 0 Å². The Morgan fingerprint density at radius 2 is 0.807 bits per heavy atom.